The van der Waals surface area contributed by atoms with E-state index in [2.05, 4.69) is 24.1 Å². The number of amides is 1. The molecule has 0 radical (unpaired) electrons. The second kappa shape index (κ2) is 6.79. The van der Waals surface area contributed by atoms with Crippen LogP contribution in [0.5, 0.6) is 0 Å². The molecule has 0 aliphatic rings. The Morgan fingerprint density at radius 3 is 2.14 bits per heavy atom. The number of hydrogen-bond donors (Lipinski definition) is 2. The van der Waals surface area contributed by atoms with Gasteiger partial charge >= 0.3 is 0 Å². The van der Waals surface area contributed by atoms with Crippen molar-refractivity contribution >= 4 is 5.91 Å². The molecule has 1 amide bonds. The standard InChI is InChI=1S/C10H23N3O/c1-5-13(6-2)7-9(10(11)14)12-8(3)4/h8-9,12H,5-7H2,1-4H3,(H2,11,14). The maximum absolute atomic E-state index is 11.1. The van der Waals surface area contributed by atoms with Gasteiger partial charge in [0.1, 0.15) is 0 Å². The average Bonchev–Trinajstić information content (AvgIpc) is 2.11. The second-order valence-corrected chi connectivity index (χ2v) is 3.76. The molecule has 0 aliphatic carbocycles. The van der Waals surface area contributed by atoms with Gasteiger partial charge in [-0.2, -0.15) is 0 Å². The fourth-order valence-electron chi connectivity index (χ4n) is 1.37. The van der Waals surface area contributed by atoms with Crippen LogP contribution in [-0.4, -0.2) is 42.5 Å². The Labute approximate surface area is 86.8 Å². The molecule has 0 aliphatic heterocycles. The topological polar surface area (TPSA) is 58.4 Å². The maximum atomic E-state index is 11.1. The summed E-state index contributed by atoms with van der Waals surface area (Å²) >= 11 is 0. The molecule has 14 heavy (non-hydrogen) atoms. The van der Waals surface area contributed by atoms with Gasteiger partial charge < -0.3 is 16.0 Å². The highest BCUT2D eigenvalue weighted by Gasteiger charge is 2.18. The van der Waals surface area contributed by atoms with E-state index in [0.29, 0.717) is 6.54 Å². The van der Waals surface area contributed by atoms with Crippen molar-refractivity contribution in [1.82, 2.24) is 10.2 Å². The van der Waals surface area contributed by atoms with Crippen LogP contribution in [0.2, 0.25) is 0 Å². The van der Waals surface area contributed by atoms with Gasteiger partial charge in [-0.15, -0.1) is 0 Å². The van der Waals surface area contributed by atoms with E-state index < -0.39 is 0 Å². The summed E-state index contributed by atoms with van der Waals surface area (Å²) < 4.78 is 0. The molecule has 0 bridgehead atoms. The average molecular weight is 201 g/mol. The predicted octanol–water partition coefficient (Wildman–Crippen LogP) is 0.180. The van der Waals surface area contributed by atoms with Gasteiger partial charge in [0.05, 0.1) is 6.04 Å². The fraction of sp³-hybridized carbons (Fsp3) is 0.900. The van der Waals surface area contributed by atoms with Crippen LogP contribution in [0.25, 0.3) is 0 Å². The van der Waals surface area contributed by atoms with Crippen molar-refractivity contribution in [3.63, 3.8) is 0 Å². The minimum absolute atomic E-state index is 0.241. The number of carbonyl (C=O) groups excluding carboxylic acids is 1. The summed E-state index contributed by atoms with van der Waals surface area (Å²) in [6, 6.07) is 0.0398. The van der Waals surface area contributed by atoms with Gasteiger partial charge in [0.25, 0.3) is 0 Å². The molecule has 1 atom stereocenters. The van der Waals surface area contributed by atoms with Gasteiger partial charge in [0, 0.05) is 12.6 Å². The maximum Gasteiger partial charge on any atom is 0.235 e. The zero-order valence-electron chi connectivity index (χ0n) is 9.71. The first-order valence-corrected chi connectivity index (χ1v) is 5.28. The Balaban J connectivity index is 4.14. The van der Waals surface area contributed by atoms with Gasteiger partial charge in [0.2, 0.25) is 5.91 Å². The molecule has 1 unspecified atom stereocenters. The van der Waals surface area contributed by atoms with Crippen LogP contribution in [-0.2, 0) is 4.79 Å². The van der Waals surface area contributed by atoms with E-state index >= 15 is 0 Å². The van der Waals surface area contributed by atoms with Gasteiger partial charge in [-0.1, -0.05) is 27.7 Å². The third-order valence-corrected chi connectivity index (χ3v) is 2.21. The Kier molecular flexibility index (Phi) is 6.49. The minimum Gasteiger partial charge on any atom is -0.368 e. The van der Waals surface area contributed by atoms with Crippen molar-refractivity contribution in [2.45, 2.75) is 39.8 Å². The molecule has 0 aromatic rings. The molecule has 0 aromatic carbocycles. The number of nitrogens with two attached hydrogens (primary N) is 1. The lowest BCUT2D eigenvalue weighted by atomic mass is 10.2. The van der Waals surface area contributed by atoms with Gasteiger partial charge in [-0.05, 0) is 13.1 Å². The van der Waals surface area contributed by atoms with E-state index in [-0.39, 0.29) is 18.0 Å². The van der Waals surface area contributed by atoms with Crippen LogP contribution >= 0.6 is 0 Å². The lowest BCUT2D eigenvalue weighted by molar-refractivity contribution is -0.120. The summed E-state index contributed by atoms with van der Waals surface area (Å²) in [6.45, 7) is 10.8. The molecule has 0 heterocycles. The first-order chi connectivity index (χ1) is 6.51. The van der Waals surface area contributed by atoms with Crippen molar-refractivity contribution in [1.29, 1.82) is 0 Å². The highest BCUT2D eigenvalue weighted by molar-refractivity contribution is 5.80. The Bertz CT molecular complexity index is 167. The summed E-state index contributed by atoms with van der Waals surface area (Å²) in [5.41, 5.74) is 5.31. The highest BCUT2D eigenvalue weighted by atomic mass is 16.1. The second-order valence-electron chi connectivity index (χ2n) is 3.76. The smallest absolute Gasteiger partial charge is 0.235 e. The van der Waals surface area contributed by atoms with Gasteiger partial charge in [-0.25, -0.2) is 0 Å². The van der Waals surface area contributed by atoms with E-state index in [1.54, 1.807) is 0 Å². The molecule has 0 saturated carbocycles. The van der Waals surface area contributed by atoms with Gasteiger partial charge in [0.15, 0.2) is 0 Å². The monoisotopic (exact) mass is 201 g/mol. The third kappa shape index (κ3) is 5.19. The van der Waals surface area contributed by atoms with E-state index in [1.807, 2.05) is 13.8 Å². The molecule has 0 fully saturated rings. The van der Waals surface area contributed by atoms with Crippen LogP contribution < -0.4 is 11.1 Å². The lowest BCUT2D eigenvalue weighted by Crippen LogP contribution is -2.51. The van der Waals surface area contributed by atoms with Crippen molar-refractivity contribution < 1.29 is 4.79 Å². The molecule has 0 rings (SSSR count). The number of primary amides is 1. The molecule has 3 N–H and O–H groups in total. The molecule has 4 heteroatoms. The largest absolute Gasteiger partial charge is 0.368 e. The van der Waals surface area contributed by atoms with E-state index in [4.69, 9.17) is 5.73 Å². The number of likely N-dealkylation sites (N-methyl/N-ethyl adjacent to an activating group) is 1. The predicted molar refractivity (Wildman–Crippen MR) is 59.0 cm³/mol. The van der Waals surface area contributed by atoms with Crippen LogP contribution in [0.15, 0.2) is 0 Å². The first-order valence-electron chi connectivity index (χ1n) is 5.28. The lowest BCUT2D eigenvalue weighted by Gasteiger charge is -2.25. The van der Waals surface area contributed by atoms with Crippen LogP contribution in [0.4, 0.5) is 0 Å². The quantitative estimate of drug-likeness (QED) is 0.618. The van der Waals surface area contributed by atoms with Crippen molar-refractivity contribution in [2.24, 2.45) is 5.73 Å². The number of nitrogens with zero attached hydrogens (tertiary/aromatic N) is 1. The zero-order chi connectivity index (χ0) is 11.1. The van der Waals surface area contributed by atoms with E-state index in [0.717, 1.165) is 13.1 Å². The normalized spacial score (nSPS) is 13.6. The van der Waals surface area contributed by atoms with Crippen molar-refractivity contribution in [3.8, 4) is 0 Å². The molecular weight excluding hydrogens is 178 g/mol. The molecule has 0 saturated heterocycles. The van der Waals surface area contributed by atoms with E-state index in [1.165, 1.54) is 0 Å². The van der Waals surface area contributed by atoms with Crippen molar-refractivity contribution in [2.75, 3.05) is 19.6 Å². The fourth-order valence-corrected chi connectivity index (χ4v) is 1.37. The van der Waals surface area contributed by atoms with Crippen LogP contribution in [0, 0.1) is 0 Å². The number of carbonyl (C=O) groups is 1. The summed E-state index contributed by atoms with van der Waals surface area (Å²) in [5, 5.41) is 3.16. The first kappa shape index (κ1) is 13.4. The van der Waals surface area contributed by atoms with Crippen LogP contribution in [0.1, 0.15) is 27.7 Å². The number of rotatable bonds is 7. The third-order valence-electron chi connectivity index (χ3n) is 2.21. The molecule has 84 valence electrons. The summed E-state index contributed by atoms with van der Waals surface area (Å²) in [5.74, 6) is -0.273. The molecule has 0 aromatic heterocycles. The van der Waals surface area contributed by atoms with E-state index in [9.17, 15) is 4.79 Å². The van der Waals surface area contributed by atoms with Crippen LogP contribution in [0.3, 0.4) is 0 Å². The summed E-state index contributed by atoms with van der Waals surface area (Å²) in [6.07, 6.45) is 0. The Hall–Kier alpha value is -0.610. The highest BCUT2D eigenvalue weighted by Crippen LogP contribution is 1.94. The van der Waals surface area contributed by atoms with Crippen molar-refractivity contribution in [3.05, 3.63) is 0 Å². The minimum atomic E-state index is -0.273. The molecule has 4 nitrogen and oxygen atoms in total. The summed E-state index contributed by atoms with van der Waals surface area (Å²) in [7, 11) is 0. The number of hydrogen-bond acceptors (Lipinski definition) is 3. The zero-order valence-corrected chi connectivity index (χ0v) is 9.71. The Morgan fingerprint density at radius 2 is 1.86 bits per heavy atom. The number of nitrogens with one attached hydrogen (secondary N) is 1. The summed E-state index contributed by atoms with van der Waals surface area (Å²) in [4.78, 5) is 13.3. The Morgan fingerprint density at radius 1 is 1.36 bits per heavy atom. The van der Waals surface area contributed by atoms with Gasteiger partial charge in [-0.3, -0.25) is 4.79 Å². The molecular formula is C10H23N3O. The molecule has 0 spiro atoms. The SMILES string of the molecule is CCN(CC)CC(NC(C)C)C(N)=O.